The third kappa shape index (κ3) is 1.53. The Morgan fingerprint density at radius 1 is 1.27 bits per heavy atom. The van der Waals surface area contributed by atoms with Crippen LogP contribution in [-0.2, 0) is 4.79 Å². The SMILES string of the molecule is O=C[C@H]1N[C@H]2CC[C@@H]1[C@@H](F)/C2=C/C1CC1. The van der Waals surface area contributed by atoms with Crippen molar-refractivity contribution in [1.29, 1.82) is 0 Å². The number of nitrogens with one attached hydrogen (secondary N) is 1. The summed E-state index contributed by atoms with van der Waals surface area (Å²) >= 11 is 0. The average Bonchev–Trinajstić information content (AvgIpc) is 3.07. The maximum atomic E-state index is 14.1. The van der Waals surface area contributed by atoms with Gasteiger partial charge in [-0.15, -0.1) is 0 Å². The lowest BCUT2D eigenvalue weighted by Crippen LogP contribution is -2.59. The minimum Gasteiger partial charge on any atom is -0.302 e. The summed E-state index contributed by atoms with van der Waals surface area (Å²) in [5, 5.41) is 3.24. The minimum atomic E-state index is -0.874. The van der Waals surface area contributed by atoms with Crippen molar-refractivity contribution in [2.24, 2.45) is 11.8 Å². The highest BCUT2D eigenvalue weighted by atomic mass is 19.1. The van der Waals surface area contributed by atoms with Gasteiger partial charge in [-0.25, -0.2) is 4.39 Å². The smallest absolute Gasteiger partial charge is 0.137 e. The van der Waals surface area contributed by atoms with Gasteiger partial charge >= 0.3 is 0 Å². The largest absolute Gasteiger partial charge is 0.302 e. The summed E-state index contributed by atoms with van der Waals surface area (Å²) in [6.07, 6.45) is 6.39. The first-order chi connectivity index (χ1) is 7.29. The van der Waals surface area contributed by atoms with Crippen molar-refractivity contribution in [3.8, 4) is 0 Å². The molecule has 0 radical (unpaired) electrons. The first-order valence-electron chi connectivity index (χ1n) is 5.86. The highest BCUT2D eigenvalue weighted by Gasteiger charge is 2.45. The molecule has 2 saturated heterocycles. The monoisotopic (exact) mass is 209 g/mol. The summed E-state index contributed by atoms with van der Waals surface area (Å²) in [5.41, 5.74) is 0.937. The Morgan fingerprint density at radius 3 is 2.67 bits per heavy atom. The van der Waals surface area contributed by atoms with Gasteiger partial charge in [0.05, 0.1) is 6.04 Å². The second-order valence-corrected chi connectivity index (χ2v) is 5.03. The Balaban J connectivity index is 1.85. The molecule has 82 valence electrons. The molecule has 0 spiro atoms. The van der Waals surface area contributed by atoms with Crippen LogP contribution in [0.2, 0.25) is 0 Å². The van der Waals surface area contributed by atoms with Crippen molar-refractivity contribution in [2.45, 2.75) is 43.9 Å². The van der Waals surface area contributed by atoms with Crippen LogP contribution in [0.15, 0.2) is 11.6 Å². The molecule has 1 N–H and O–H groups in total. The number of alkyl halides is 1. The van der Waals surface area contributed by atoms with Crippen LogP contribution in [0.1, 0.15) is 25.7 Å². The molecule has 4 aliphatic rings. The highest BCUT2D eigenvalue weighted by molar-refractivity contribution is 5.60. The summed E-state index contributed by atoms with van der Waals surface area (Å²) in [4.78, 5) is 10.8. The van der Waals surface area contributed by atoms with Gasteiger partial charge < -0.3 is 10.1 Å². The van der Waals surface area contributed by atoms with Gasteiger partial charge in [0.2, 0.25) is 0 Å². The maximum absolute atomic E-state index is 14.1. The molecule has 2 heterocycles. The molecule has 4 rings (SSSR count). The van der Waals surface area contributed by atoms with E-state index < -0.39 is 6.17 Å². The summed E-state index contributed by atoms with van der Waals surface area (Å²) in [5.74, 6) is 0.506. The van der Waals surface area contributed by atoms with E-state index in [1.807, 2.05) is 0 Å². The van der Waals surface area contributed by atoms with E-state index in [9.17, 15) is 9.18 Å². The molecule has 15 heavy (non-hydrogen) atoms. The number of carbonyl (C=O) groups excluding carboxylic acids is 1. The van der Waals surface area contributed by atoms with Crippen LogP contribution in [-0.4, -0.2) is 24.5 Å². The fourth-order valence-corrected chi connectivity index (χ4v) is 2.89. The number of rotatable bonds is 2. The Morgan fingerprint density at radius 2 is 2.07 bits per heavy atom. The zero-order chi connectivity index (χ0) is 10.4. The van der Waals surface area contributed by atoms with Crippen molar-refractivity contribution >= 4 is 6.29 Å². The van der Waals surface area contributed by atoms with Crippen LogP contribution in [0.3, 0.4) is 0 Å². The van der Waals surface area contributed by atoms with Gasteiger partial charge in [0, 0.05) is 12.0 Å². The molecule has 0 aromatic rings. The van der Waals surface area contributed by atoms with E-state index in [1.165, 1.54) is 12.8 Å². The van der Waals surface area contributed by atoms with Gasteiger partial charge in [0.1, 0.15) is 12.5 Å². The van der Waals surface area contributed by atoms with E-state index in [4.69, 9.17) is 0 Å². The summed E-state index contributed by atoms with van der Waals surface area (Å²) in [7, 11) is 0. The molecule has 0 aromatic heterocycles. The number of piperidine rings is 2. The van der Waals surface area contributed by atoms with E-state index in [0.717, 1.165) is 24.7 Å². The summed E-state index contributed by atoms with van der Waals surface area (Å²) in [6.45, 7) is 0. The van der Waals surface area contributed by atoms with Crippen LogP contribution in [0.4, 0.5) is 4.39 Å². The fraction of sp³-hybridized carbons (Fsp3) is 0.750. The second-order valence-electron chi connectivity index (χ2n) is 5.03. The molecular weight excluding hydrogens is 193 g/mol. The molecule has 2 bridgehead atoms. The number of fused-ring (bicyclic) bond motifs is 3. The first kappa shape index (κ1) is 9.52. The molecule has 0 aromatic carbocycles. The normalized spacial score (nSPS) is 47.1. The Kier molecular flexibility index (Phi) is 2.16. The third-order valence-corrected chi connectivity index (χ3v) is 3.94. The van der Waals surface area contributed by atoms with Crippen molar-refractivity contribution in [1.82, 2.24) is 5.32 Å². The number of carbonyl (C=O) groups is 1. The van der Waals surface area contributed by atoms with Crippen LogP contribution >= 0.6 is 0 Å². The zero-order valence-electron chi connectivity index (χ0n) is 8.66. The van der Waals surface area contributed by atoms with Crippen molar-refractivity contribution < 1.29 is 9.18 Å². The van der Waals surface area contributed by atoms with Crippen LogP contribution < -0.4 is 5.32 Å². The fourth-order valence-electron chi connectivity index (χ4n) is 2.89. The molecule has 2 nitrogen and oxygen atoms in total. The summed E-state index contributed by atoms with van der Waals surface area (Å²) in [6, 6.07) is -0.129. The van der Waals surface area contributed by atoms with Gasteiger partial charge in [-0.1, -0.05) is 6.08 Å². The minimum absolute atomic E-state index is 0.113. The van der Waals surface area contributed by atoms with E-state index >= 15 is 0 Å². The zero-order valence-corrected chi connectivity index (χ0v) is 8.66. The maximum Gasteiger partial charge on any atom is 0.137 e. The lowest BCUT2D eigenvalue weighted by Gasteiger charge is -2.45. The van der Waals surface area contributed by atoms with Gasteiger partial charge in [0.15, 0.2) is 0 Å². The number of hydrogen-bond donors (Lipinski definition) is 1. The highest BCUT2D eigenvalue weighted by Crippen LogP contribution is 2.41. The molecule has 4 atom stereocenters. The molecule has 2 aliphatic heterocycles. The number of hydrogen-bond acceptors (Lipinski definition) is 2. The molecule has 0 amide bonds. The Labute approximate surface area is 88.9 Å². The standard InChI is InChI=1S/C12H16FNO/c13-12-8-3-4-10(14-11(8)6-15)9(12)5-7-1-2-7/h5-8,10-12,14H,1-4H2/b9-5+/t8-,10-,11+,12+/m0/s1. The van der Waals surface area contributed by atoms with E-state index in [0.29, 0.717) is 5.92 Å². The lowest BCUT2D eigenvalue weighted by atomic mass is 9.72. The lowest BCUT2D eigenvalue weighted by molar-refractivity contribution is -0.113. The predicted molar refractivity (Wildman–Crippen MR) is 55.2 cm³/mol. The number of halogens is 1. The van der Waals surface area contributed by atoms with E-state index in [1.54, 1.807) is 0 Å². The van der Waals surface area contributed by atoms with Crippen LogP contribution in [0.5, 0.6) is 0 Å². The van der Waals surface area contributed by atoms with Gasteiger partial charge in [0.25, 0.3) is 0 Å². The average molecular weight is 209 g/mol. The van der Waals surface area contributed by atoms with Gasteiger partial charge in [-0.2, -0.15) is 0 Å². The molecule has 3 heteroatoms. The second kappa shape index (κ2) is 3.41. The van der Waals surface area contributed by atoms with Crippen molar-refractivity contribution in [3.63, 3.8) is 0 Å². The topological polar surface area (TPSA) is 29.1 Å². The molecule has 2 saturated carbocycles. The predicted octanol–water partition coefficient (Wildman–Crippen LogP) is 1.61. The Bertz CT molecular complexity index is 307. The van der Waals surface area contributed by atoms with Crippen LogP contribution in [0.25, 0.3) is 0 Å². The summed E-state index contributed by atoms with van der Waals surface area (Å²) < 4.78 is 14.1. The quantitative estimate of drug-likeness (QED) is 0.553. The van der Waals surface area contributed by atoms with Gasteiger partial charge in [-0.05, 0) is 37.2 Å². The number of aldehydes is 1. The molecule has 2 aliphatic carbocycles. The molecule has 0 unspecified atom stereocenters. The Hall–Kier alpha value is -0.700. The van der Waals surface area contributed by atoms with Crippen LogP contribution in [0, 0.1) is 11.8 Å². The van der Waals surface area contributed by atoms with Crippen molar-refractivity contribution in [3.05, 3.63) is 11.6 Å². The van der Waals surface area contributed by atoms with E-state index in [-0.39, 0.29) is 18.0 Å². The molecular formula is C12H16FNO. The first-order valence-corrected chi connectivity index (χ1v) is 5.86. The van der Waals surface area contributed by atoms with Crippen molar-refractivity contribution in [2.75, 3.05) is 0 Å². The van der Waals surface area contributed by atoms with Gasteiger partial charge in [-0.3, -0.25) is 0 Å². The van der Waals surface area contributed by atoms with E-state index in [2.05, 4.69) is 11.4 Å². The third-order valence-electron chi connectivity index (χ3n) is 3.94. The number of allylic oxidation sites excluding steroid dienone is 1. The molecule has 4 fully saturated rings.